The molecule has 0 saturated heterocycles. The van der Waals surface area contributed by atoms with Gasteiger partial charge in [0.15, 0.2) is 0 Å². The summed E-state index contributed by atoms with van der Waals surface area (Å²) in [6.07, 6.45) is 0. The van der Waals surface area contributed by atoms with Crippen LogP contribution in [0.3, 0.4) is 0 Å². The van der Waals surface area contributed by atoms with E-state index in [0.717, 1.165) is 5.75 Å². The van der Waals surface area contributed by atoms with Crippen molar-refractivity contribution in [2.75, 3.05) is 70.5 Å². The lowest BCUT2D eigenvalue weighted by Crippen LogP contribution is -2.27. The first kappa shape index (κ1) is 24.8. The van der Waals surface area contributed by atoms with E-state index in [9.17, 15) is 0 Å². The average molecular weight is 462 g/mol. The van der Waals surface area contributed by atoms with Crippen LogP contribution in [0, 0.1) is 6.92 Å². The second-order valence-corrected chi connectivity index (χ2v) is 17.5. The Labute approximate surface area is 177 Å². The Morgan fingerprint density at radius 1 is 0.586 bits per heavy atom. The summed E-state index contributed by atoms with van der Waals surface area (Å²) in [5, 5.41) is 0. The molecule has 0 N–H and O–H groups in total. The van der Waals surface area contributed by atoms with Crippen molar-refractivity contribution in [3.8, 4) is 5.75 Å². The summed E-state index contributed by atoms with van der Waals surface area (Å²) >= 11 is 0. The predicted molar refractivity (Wildman–Crippen MR) is 128 cm³/mol. The largest absolute Gasteiger partial charge is 0.431 e. The van der Waals surface area contributed by atoms with Crippen LogP contribution >= 0.6 is 22.6 Å². The molecule has 0 radical (unpaired) electrons. The van der Waals surface area contributed by atoms with Gasteiger partial charge in [0.1, 0.15) is 5.75 Å². The average Bonchev–Trinajstić information content (AvgIpc) is 2.62. The maximum Gasteiger partial charge on any atom is 0.333 e. The van der Waals surface area contributed by atoms with Gasteiger partial charge < -0.3 is 4.52 Å². The topological polar surface area (TPSA) is 62.5 Å². The van der Waals surface area contributed by atoms with E-state index in [2.05, 4.69) is 37.7 Å². The smallest absolute Gasteiger partial charge is 0.333 e. The number of hydrogen-bond acceptors (Lipinski definition) is 9. The summed E-state index contributed by atoms with van der Waals surface area (Å²) in [7, 11) is 12.8. The van der Waals surface area contributed by atoms with E-state index in [4.69, 9.17) is 18.1 Å². The normalized spacial score (nSPS) is 23.3. The minimum absolute atomic E-state index is 0.776. The minimum Gasteiger partial charge on any atom is -0.431 e. The summed E-state index contributed by atoms with van der Waals surface area (Å²) < 4.78 is 33.3. The highest BCUT2D eigenvalue weighted by Gasteiger charge is 2.44. The van der Waals surface area contributed by atoms with Crippen LogP contribution in [-0.2, 0) is 0 Å². The van der Waals surface area contributed by atoms with Crippen molar-refractivity contribution in [3.63, 3.8) is 0 Å². The Morgan fingerprint density at radius 2 is 1.00 bits per heavy atom. The van der Waals surface area contributed by atoms with Crippen LogP contribution in [0.4, 0.5) is 0 Å². The molecule has 1 aliphatic heterocycles. The number of aryl methyl sites for hydroxylation is 1. The van der Waals surface area contributed by atoms with Crippen molar-refractivity contribution in [2.24, 2.45) is 13.5 Å². The monoisotopic (exact) mass is 462 g/mol. The second-order valence-electron chi connectivity index (χ2n) is 8.00. The van der Waals surface area contributed by atoms with E-state index in [1.54, 1.807) is 0 Å². The van der Waals surface area contributed by atoms with Crippen LogP contribution in [0.1, 0.15) is 5.56 Å². The molecule has 0 spiro atoms. The van der Waals surface area contributed by atoms with Crippen LogP contribution in [0.15, 0.2) is 37.8 Å². The molecule has 1 aromatic carbocycles. The zero-order chi connectivity index (χ0) is 22.2. The fraction of sp³-hybridized carbons (Fsp3) is 0.647. The van der Waals surface area contributed by atoms with Crippen LogP contribution in [0.5, 0.6) is 5.75 Å². The third-order valence-corrected chi connectivity index (χ3v) is 16.1. The van der Waals surface area contributed by atoms with Crippen molar-refractivity contribution in [3.05, 3.63) is 29.8 Å². The summed E-state index contributed by atoms with van der Waals surface area (Å²) in [6, 6.07) is 8.09. The number of benzene rings is 1. The Balaban J connectivity index is 2.96. The van der Waals surface area contributed by atoms with Crippen molar-refractivity contribution in [1.29, 1.82) is 0 Å². The van der Waals surface area contributed by atoms with Gasteiger partial charge in [0, 0.05) is 0 Å². The lowest BCUT2D eigenvalue weighted by atomic mass is 10.2. The molecule has 29 heavy (non-hydrogen) atoms. The van der Waals surface area contributed by atoms with Crippen LogP contribution < -0.4 is 4.52 Å². The summed E-state index contributed by atoms with van der Waals surface area (Å²) in [4.78, 5) is 0. The van der Waals surface area contributed by atoms with Gasteiger partial charge in [0.2, 0.25) is 15.0 Å². The zero-order valence-corrected chi connectivity index (χ0v) is 22.3. The first-order valence-electron chi connectivity index (χ1n) is 9.38. The van der Waals surface area contributed by atoms with E-state index < -0.39 is 22.6 Å². The highest BCUT2D eigenvalue weighted by molar-refractivity contribution is 7.82. The quantitative estimate of drug-likeness (QED) is 0.530. The van der Waals surface area contributed by atoms with Gasteiger partial charge in [-0.15, -0.1) is 0 Å². The van der Waals surface area contributed by atoms with Gasteiger partial charge in [-0.3, -0.25) is 0 Å². The van der Waals surface area contributed by atoms with E-state index >= 15 is 0 Å². The molecule has 166 valence electrons. The molecule has 1 aliphatic rings. The van der Waals surface area contributed by atoms with Gasteiger partial charge in [-0.2, -0.15) is 13.5 Å². The second kappa shape index (κ2) is 8.94. The summed E-state index contributed by atoms with van der Waals surface area (Å²) in [6.45, 7) is 2.07. The molecule has 0 aliphatic carbocycles. The molecule has 2 rings (SSSR count). The molecule has 1 unspecified atom stereocenters. The Hall–Kier alpha value is -0.490. The number of nitrogens with zero attached hydrogens (tertiary/aromatic N) is 8. The Bertz CT molecular complexity index is 847. The molecule has 9 nitrogen and oxygen atoms in total. The van der Waals surface area contributed by atoms with E-state index in [0.29, 0.717) is 0 Å². The molecule has 0 bridgehead atoms. The molecule has 0 fully saturated rings. The molecule has 1 atom stereocenters. The standard InChI is InChI=1S/C17H37N8OP3/c1-16-12-14-17(15-13-16)26-29(25(10)11)19-27(21(2)3,22(4)5)18-28(20-29,23(6)7)24(8)9/h12-15H,1-11H3. The Kier molecular flexibility index (Phi) is 7.64. The lowest BCUT2D eigenvalue weighted by Gasteiger charge is -2.45. The zero-order valence-electron chi connectivity index (χ0n) is 19.6. The van der Waals surface area contributed by atoms with Crippen LogP contribution in [-0.4, -0.2) is 93.8 Å². The molecule has 0 aromatic heterocycles. The molecule has 12 heteroatoms. The van der Waals surface area contributed by atoms with Gasteiger partial charge in [-0.1, -0.05) is 17.7 Å². The maximum absolute atomic E-state index is 6.66. The van der Waals surface area contributed by atoms with Gasteiger partial charge in [-0.05, 0) is 89.5 Å². The van der Waals surface area contributed by atoms with E-state index in [1.165, 1.54) is 5.56 Å². The van der Waals surface area contributed by atoms with Gasteiger partial charge in [-0.25, -0.2) is 23.4 Å². The van der Waals surface area contributed by atoms with Gasteiger partial charge in [0.05, 0.1) is 0 Å². The fourth-order valence-corrected chi connectivity index (χ4v) is 16.8. The van der Waals surface area contributed by atoms with Crippen LogP contribution in [0.25, 0.3) is 0 Å². The third-order valence-electron chi connectivity index (χ3n) is 4.63. The Morgan fingerprint density at radius 3 is 1.38 bits per heavy atom. The minimum atomic E-state index is -2.74. The van der Waals surface area contributed by atoms with E-state index in [-0.39, 0.29) is 0 Å². The molecular formula is C17H37N8OP3. The van der Waals surface area contributed by atoms with Crippen molar-refractivity contribution >= 4 is 22.6 Å². The fourth-order valence-electron chi connectivity index (χ4n) is 2.90. The highest BCUT2D eigenvalue weighted by Crippen LogP contribution is 2.80. The molecule has 1 aromatic rings. The molecule has 0 saturated carbocycles. The van der Waals surface area contributed by atoms with Crippen molar-refractivity contribution < 1.29 is 4.52 Å². The lowest BCUT2D eigenvalue weighted by molar-refractivity contribution is 0.504. The van der Waals surface area contributed by atoms with Crippen molar-refractivity contribution in [2.45, 2.75) is 6.92 Å². The van der Waals surface area contributed by atoms with Crippen molar-refractivity contribution in [1.82, 2.24) is 23.4 Å². The first-order chi connectivity index (χ1) is 13.3. The maximum atomic E-state index is 6.66. The van der Waals surface area contributed by atoms with Gasteiger partial charge >= 0.3 is 7.58 Å². The first-order valence-corrected chi connectivity index (χ1v) is 14.1. The summed E-state index contributed by atoms with van der Waals surface area (Å²) in [5.74, 6) is 0.776. The number of rotatable bonds is 7. The van der Waals surface area contributed by atoms with E-state index in [1.807, 2.05) is 87.3 Å². The molecular weight excluding hydrogens is 425 g/mol. The van der Waals surface area contributed by atoms with Gasteiger partial charge in [0.25, 0.3) is 0 Å². The highest BCUT2D eigenvalue weighted by atomic mass is 31.3. The number of hydrogen-bond donors (Lipinski definition) is 0. The summed E-state index contributed by atoms with van der Waals surface area (Å²) in [5.41, 5.74) is 1.19. The predicted octanol–water partition coefficient (Wildman–Crippen LogP) is 5.03. The molecule has 1 heterocycles. The third kappa shape index (κ3) is 4.58. The SMILES string of the molecule is Cc1ccc(OP2(N(C)C)=NP(N(C)C)(N(C)C)=NP(N(C)C)(N(C)C)=N2)cc1. The molecule has 0 amide bonds. The van der Waals surface area contributed by atoms with Crippen LogP contribution in [0.2, 0.25) is 0 Å².